The molecule has 4 nitrogen and oxygen atoms in total. The second-order valence-corrected chi connectivity index (χ2v) is 4.87. The van der Waals surface area contributed by atoms with Crippen LogP contribution in [-0.2, 0) is 4.74 Å². The minimum absolute atomic E-state index is 0.0538. The molecule has 1 fully saturated rings. The molecule has 1 heterocycles. The number of nitrogen functional groups attached to an aromatic ring is 1. The lowest BCUT2D eigenvalue weighted by Gasteiger charge is -2.31. The van der Waals surface area contributed by atoms with Crippen LogP contribution in [0.2, 0.25) is 5.02 Å². The van der Waals surface area contributed by atoms with Crippen molar-refractivity contribution in [2.45, 2.75) is 18.9 Å². The first-order valence-electron chi connectivity index (χ1n) is 5.99. The molecule has 98 valence electrons. The number of rotatable bonds is 2. The molecule has 1 aliphatic heterocycles. The van der Waals surface area contributed by atoms with Crippen LogP contribution in [0.3, 0.4) is 0 Å². The molecule has 1 saturated heterocycles. The number of likely N-dealkylation sites (tertiary alicyclic amines) is 1. The van der Waals surface area contributed by atoms with Crippen LogP contribution in [0, 0.1) is 0 Å². The minimum atomic E-state index is -0.0538. The summed E-state index contributed by atoms with van der Waals surface area (Å²) in [5.74, 6) is -0.0538. The number of nitrogens with two attached hydrogens (primary N) is 1. The number of halogens is 1. The summed E-state index contributed by atoms with van der Waals surface area (Å²) in [6.07, 6.45) is 1.98. The molecule has 1 amide bonds. The van der Waals surface area contributed by atoms with Crippen LogP contribution >= 0.6 is 11.6 Å². The summed E-state index contributed by atoms with van der Waals surface area (Å²) in [4.78, 5) is 14.1. The fourth-order valence-electron chi connectivity index (χ4n) is 2.17. The summed E-state index contributed by atoms with van der Waals surface area (Å²) >= 11 is 6.04. The normalized spacial score (nSPS) is 16.9. The third-order valence-corrected chi connectivity index (χ3v) is 3.61. The highest BCUT2D eigenvalue weighted by molar-refractivity contribution is 6.34. The Bertz CT molecular complexity index is 443. The topological polar surface area (TPSA) is 55.6 Å². The van der Waals surface area contributed by atoms with E-state index in [1.54, 1.807) is 30.2 Å². The van der Waals surface area contributed by atoms with E-state index in [-0.39, 0.29) is 12.0 Å². The van der Waals surface area contributed by atoms with Crippen molar-refractivity contribution >= 4 is 23.2 Å². The molecule has 0 aromatic heterocycles. The largest absolute Gasteiger partial charge is 0.399 e. The number of benzene rings is 1. The average molecular weight is 269 g/mol. The number of carbonyl (C=O) groups excluding carboxylic acids is 1. The van der Waals surface area contributed by atoms with Crippen molar-refractivity contribution in [3.63, 3.8) is 0 Å². The molecule has 2 rings (SSSR count). The number of piperidine rings is 1. The van der Waals surface area contributed by atoms with Gasteiger partial charge in [0, 0.05) is 25.9 Å². The van der Waals surface area contributed by atoms with Crippen molar-refractivity contribution in [2.24, 2.45) is 0 Å². The Labute approximate surface area is 112 Å². The second-order valence-electron chi connectivity index (χ2n) is 4.47. The molecular weight excluding hydrogens is 252 g/mol. The molecule has 0 spiro atoms. The van der Waals surface area contributed by atoms with Crippen LogP contribution in [-0.4, -0.2) is 37.1 Å². The molecule has 0 bridgehead atoms. The number of anilines is 1. The van der Waals surface area contributed by atoms with E-state index in [1.807, 2.05) is 0 Å². The quantitative estimate of drug-likeness (QED) is 0.837. The van der Waals surface area contributed by atoms with Crippen LogP contribution < -0.4 is 5.73 Å². The summed E-state index contributed by atoms with van der Waals surface area (Å²) in [5.41, 5.74) is 6.72. The van der Waals surface area contributed by atoms with E-state index < -0.39 is 0 Å². The first-order chi connectivity index (χ1) is 8.61. The van der Waals surface area contributed by atoms with Gasteiger partial charge in [-0.15, -0.1) is 0 Å². The SMILES string of the molecule is COC1CCN(C(=O)c2cc(N)ccc2Cl)CC1. The summed E-state index contributed by atoms with van der Waals surface area (Å²) in [5, 5.41) is 0.447. The van der Waals surface area contributed by atoms with E-state index in [1.165, 1.54) is 0 Å². The lowest BCUT2D eigenvalue weighted by molar-refractivity contribution is 0.0351. The van der Waals surface area contributed by atoms with Gasteiger partial charge in [-0.1, -0.05) is 11.6 Å². The Hall–Kier alpha value is -1.26. The molecule has 18 heavy (non-hydrogen) atoms. The molecule has 1 aromatic rings. The monoisotopic (exact) mass is 268 g/mol. The minimum Gasteiger partial charge on any atom is -0.399 e. The standard InChI is InChI=1S/C13H17ClN2O2/c1-18-10-4-6-16(7-5-10)13(17)11-8-9(15)2-3-12(11)14/h2-3,8,10H,4-7,15H2,1H3. The van der Waals surface area contributed by atoms with Crippen LogP contribution in [0.15, 0.2) is 18.2 Å². The lowest BCUT2D eigenvalue weighted by atomic mass is 10.1. The summed E-state index contributed by atoms with van der Waals surface area (Å²) in [6.45, 7) is 1.39. The average Bonchev–Trinajstić information content (AvgIpc) is 2.41. The molecule has 0 saturated carbocycles. The number of nitrogens with zero attached hydrogens (tertiary/aromatic N) is 1. The Kier molecular flexibility index (Phi) is 4.09. The van der Waals surface area contributed by atoms with E-state index >= 15 is 0 Å². The van der Waals surface area contributed by atoms with Crippen molar-refractivity contribution < 1.29 is 9.53 Å². The summed E-state index contributed by atoms with van der Waals surface area (Å²) in [7, 11) is 1.71. The number of carbonyl (C=O) groups is 1. The van der Waals surface area contributed by atoms with Gasteiger partial charge in [0.25, 0.3) is 5.91 Å². The molecular formula is C13H17ClN2O2. The van der Waals surface area contributed by atoms with Crippen LogP contribution in [0.1, 0.15) is 23.2 Å². The van der Waals surface area contributed by atoms with Gasteiger partial charge in [0.2, 0.25) is 0 Å². The molecule has 1 aromatic carbocycles. The molecule has 0 radical (unpaired) electrons. The Morgan fingerprint density at radius 1 is 1.44 bits per heavy atom. The fourth-order valence-corrected chi connectivity index (χ4v) is 2.37. The zero-order valence-corrected chi connectivity index (χ0v) is 11.1. The van der Waals surface area contributed by atoms with Gasteiger partial charge >= 0.3 is 0 Å². The summed E-state index contributed by atoms with van der Waals surface area (Å²) in [6, 6.07) is 4.98. The van der Waals surface area contributed by atoms with Gasteiger partial charge in [-0.05, 0) is 31.0 Å². The molecule has 5 heteroatoms. The number of ether oxygens (including phenoxy) is 1. The van der Waals surface area contributed by atoms with E-state index in [0.717, 1.165) is 12.8 Å². The van der Waals surface area contributed by atoms with E-state index in [2.05, 4.69) is 0 Å². The van der Waals surface area contributed by atoms with Crippen LogP contribution in [0.25, 0.3) is 0 Å². The van der Waals surface area contributed by atoms with Gasteiger partial charge in [-0.2, -0.15) is 0 Å². The third kappa shape index (κ3) is 2.76. The van der Waals surface area contributed by atoms with Gasteiger partial charge in [0.1, 0.15) is 0 Å². The number of amides is 1. The third-order valence-electron chi connectivity index (χ3n) is 3.28. The van der Waals surface area contributed by atoms with E-state index in [4.69, 9.17) is 22.1 Å². The maximum absolute atomic E-state index is 12.3. The molecule has 0 unspecified atom stereocenters. The zero-order chi connectivity index (χ0) is 13.1. The van der Waals surface area contributed by atoms with Crippen molar-refractivity contribution in [1.29, 1.82) is 0 Å². The highest BCUT2D eigenvalue weighted by Gasteiger charge is 2.24. The van der Waals surface area contributed by atoms with Crippen molar-refractivity contribution in [3.8, 4) is 0 Å². The van der Waals surface area contributed by atoms with Gasteiger partial charge in [0.15, 0.2) is 0 Å². The Morgan fingerprint density at radius 3 is 2.72 bits per heavy atom. The predicted molar refractivity (Wildman–Crippen MR) is 71.8 cm³/mol. The van der Waals surface area contributed by atoms with Gasteiger partial charge < -0.3 is 15.4 Å². The maximum atomic E-state index is 12.3. The maximum Gasteiger partial charge on any atom is 0.255 e. The predicted octanol–water partition coefficient (Wildman–Crippen LogP) is 2.17. The smallest absolute Gasteiger partial charge is 0.255 e. The number of hydrogen-bond donors (Lipinski definition) is 1. The fraction of sp³-hybridized carbons (Fsp3) is 0.462. The number of hydrogen-bond acceptors (Lipinski definition) is 3. The first-order valence-corrected chi connectivity index (χ1v) is 6.36. The van der Waals surface area contributed by atoms with Crippen molar-refractivity contribution in [3.05, 3.63) is 28.8 Å². The van der Waals surface area contributed by atoms with E-state index in [9.17, 15) is 4.79 Å². The molecule has 0 atom stereocenters. The highest BCUT2D eigenvalue weighted by Crippen LogP contribution is 2.22. The molecule has 2 N–H and O–H groups in total. The van der Waals surface area contributed by atoms with Gasteiger partial charge in [-0.25, -0.2) is 0 Å². The Morgan fingerprint density at radius 2 is 2.11 bits per heavy atom. The summed E-state index contributed by atoms with van der Waals surface area (Å²) < 4.78 is 5.28. The van der Waals surface area contributed by atoms with Crippen LogP contribution in [0.5, 0.6) is 0 Å². The van der Waals surface area contributed by atoms with Gasteiger partial charge in [-0.3, -0.25) is 4.79 Å². The lowest BCUT2D eigenvalue weighted by Crippen LogP contribution is -2.40. The molecule has 1 aliphatic rings. The zero-order valence-electron chi connectivity index (χ0n) is 10.4. The van der Waals surface area contributed by atoms with Crippen molar-refractivity contribution in [1.82, 2.24) is 4.90 Å². The van der Waals surface area contributed by atoms with E-state index in [0.29, 0.717) is 29.4 Å². The van der Waals surface area contributed by atoms with Crippen LogP contribution in [0.4, 0.5) is 5.69 Å². The van der Waals surface area contributed by atoms with Crippen molar-refractivity contribution in [2.75, 3.05) is 25.9 Å². The number of methoxy groups -OCH3 is 1. The second kappa shape index (κ2) is 5.59. The Balaban J connectivity index is 2.10. The molecule has 0 aliphatic carbocycles. The first kappa shape index (κ1) is 13.2. The highest BCUT2D eigenvalue weighted by atomic mass is 35.5. The van der Waals surface area contributed by atoms with Gasteiger partial charge in [0.05, 0.1) is 16.7 Å².